The van der Waals surface area contributed by atoms with Gasteiger partial charge in [-0.3, -0.25) is 4.90 Å². The van der Waals surface area contributed by atoms with E-state index >= 15 is 0 Å². The van der Waals surface area contributed by atoms with E-state index in [1.807, 2.05) is 65.8 Å². The third-order valence-electron chi connectivity index (χ3n) is 6.32. The van der Waals surface area contributed by atoms with Gasteiger partial charge in [0.25, 0.3) is 0 Å². The van der Waals surface area contributed by atoms with Gasteiger partial charge >= 0.3 is 12.2 Å². The molecule has 0 N–H and O–H groups in total. The van der Waals surface area contributed by atoms with Gasteiger partial charge in [0.2, 0.25) is 0 Å². The molecule has 2 atom stereocenters. The van der Waals surface area contributed by atoms with E-state index < -0.39 is 17.3 Å². The van der Waals surface area contributed by atoms with E-state index in [1.54, 1.807) is 21.9 Å². The zero-order valence-corrected chi connectivity index (χ0v) is 21.4. The minimum atomic E-state index is -0.661. The second-order valence-corrected chi connectivity index (χ2v) is 11.3. The molecular formula is C28H35FN2O4. The van der Waals surface area contributed by atoms with Gasteiger partial charge in [0.1, 0.15) is 17.0 Å². The fourth-order valence-electron chi connectivity index (χ4n) is 5.03. The molecule has 0 aliphatic carbocycles. The maximum absolute atomic E-state index is 14.9. The molecule has 1 saturated heterocycles. The predicted molar refractivity (Wildman–Crippen MR) is 134 cm³/mol. The lowest BCUT2D eigenvalue weighted by molar-refractivity contribution is 0.0256. The van der Waals surface area contributed by atoms with Gasteiger partial charge in [-0.05, 0) is 77.6 Å². The number of likely N-dealkylation sites (tertiary alicyclic amines) is 1. The average Bonchev–Trinajstić information content (AvgIpc) is 2.89. The molecule has 0 bridgehead atoms. The number of carbonyl (C=O) groups is 2. The Kier molecular flexibility index (Phi) is 6.56. The molecule has 35 heavy (non-hydrogen) atoms. The number of halogens is 1. The van der Waals surface area contributed by atoms with Crippen molar-refractivity contribution in [3.63, 3.8) is 0 Å². The monoisotopic (exact) mass is 482 g/mol. The van der Waals surface area contributed by atoms with E-state index in [1.165, 1.54) is 6.07 Å². The molecule has 2 aromatic rings. The highest BCUT2D eigenvalue weighted by atomic mass is 19.1. The lowest BCUT2D eigenvalue weighted by atomic mass is 9.86. The third kappa shape index (κ3) is 5.29. The molecule has 1 fully saturated rings. The van der Waals surface area contributed by atoms with E-state index in [-0.39, 0.29) is 23.9 Å². The number of rotatable bonds is 1. The smallest absolute Gasteiger partial charge is 0.415 e. The number of hydrogen-bond donors (Lipinski definition) is 0. The molecule has 2 aromatic carbocycles. The van der Waals surface area contributed by atoms with E-state index in [9.17, 15) is 14.0 Å². The Morgan fingerprint density at radius 2 is 1.43 bits per heavy atom. The molecule has 6 nitrogen and oxygen atoms in total. The van der Waals surface area contributed by atoms with Crippen LogP contribution in [0.4, 0.5) is 19.7 Å². The molecular weight excluding hydrogens is 447 g/mol. The van der Waals surface area contributed by atoms with Crippen LogP contribution in [0.25, 0.3) is 11.1 Å². The van der Waals surface area contributed by atoms with E-state index in [0.29, 0.717) is 31.5 Å². The average molecular weight is 483 g/mol. The first-order valence-corrected chi connectivity index (χ1v) is 12.2. The Labute approximate surface area is 207 Å². The summed E-state index contributed by atoms with van der Waals surface area (Å²) in [6, 6.07) is 12.2. The largest absolute Gasteiger partial charge is 0.444 e. The number of anilines is 1. The number of amides is 2. The molecule has 2 heterocycles. The number of carbonyl (C=O) groups excluding carboxylic acids is 2. The van der Waals surface area contributed by atoms with Crippen molar-refractivity contribution in [1.29, 1.82) is 0 Å². The van der Waals surface area contributed by atoms with Crippen LogP contribution >= 0.6 is 0 Å². The minimum absolute atomic E-state index is 0.0687. The summed E-state index contributed by atoms with van der Waals surface area (Å²) in [5, 5.41) is 0. The van der Waals surface area contributed by atoms with Gasteiger partial charge in [0, 0.05) is 30.6 Å². The summed E-state index contributed by atoms with van der Waals surface area (Å²) in [4.78, 5) is 29.7. The standard InChI is InChI=1S/C28H35FN2O4/c1-27(2,3)34-25(32)30-16-14-20-22(15-17-30)31(26(33)35-28(4,5)6)23-13-9-11-19(24(20)23)18-10-7-8-12-21(18)29/h7-13,20,22H,14-17H2,1-6H3/t20-,22+/m1/s1. The lowest BCUT2D eigenvalue weighted by Gasteiger charge is -2.30. The van der Waals surface area contributed by atoms with Crippen LogP contribution < -0.4 is 4.90 Å². The molecule has 7 heteroatoms. The summed E-state index contributed by atoms with van der Waals surface area (Å²) < 4.78 is 26.3. The number of nitrogens with zero attached hydrogens (tertiary/aromatic N) is 2. The fraction of sp³-hybridized carbons (Fsp3) is 0.500. The first-order valence-electron chi connectivity index (χ1n) is 12.2. The van der Waals surface area contributed by atoms with Gasteiger partial charge in [-0.1, -0.05) is 30.3 Å². The van der Waals surface area contributed by atoms with Crippen molar-refractivity contribution in [2.75, 3.05) is 18.0 Å². The SMILES string of the molecule is CC(C)(C)OC(=O)N1CC[C@H]2c3c(-c4ccccc4F)cccc3N(C(=O)OC(C)(C)C)[C@H]2CC1. The number of ether oxygens (including phenoxy) is 2. The molecule has 2 aliphatic rings. The highest BCUT2D eigenvalue weighted by Gasteiger charge is 2.46. The van der Waals surface area contributed by atoms with Crippen molar-refractivity contribution < 1.29 is 23.5 Å². The third-order valence-corrected chi connectivity index (χ3v) is 6.32. The van der Waals surface area contributed by atoms with Gasteiger partial charge in [-0.2, -0.15) is 0 Å². The summed E-state index contributed by atoms with van der Waals surface area (Å²) >= 11 is 0. The Bertz CT molecular complexity index is 1120. The highest BCUT2D eigenvalue weighted by molar-refractivity contribution is 5.95. The Balaban J connectivity index is 1.76. The molecule has 0 radical (unpaired) electrons. The zero-order valence-electron chi connectivity index (χ0n) is 21.4. The quantitative estimate of drug-likeness (QED) is 0.452. The van der Waals surface area contributed by atoms with Crippen molar-refractivity contribution in [2.24, 2.45) is 0 Å². The summed E-state index contributed by atoms with van der Waals surface area (Å²) in [5.41, 5.74) is 1.70. The highest BCUT2D eigenvalue weighted by Crippen LogP contribution is 2.50. The van der Waals surface area contributed by atoms with Crippen LogP contribution in [0.2, 0.25) is 0 Å². The predicted octanol–water partition coefficient (Wildman–Crippen LogP) is 6.73. The Hall–Kier alpha value is -3.09. The molecule has 0 unspecified atom stereocenters. The first-order chi connectivity index (χ1) is 16.4. The van der Waals surface area contributed by atoms with Crippen molar-refractivity contribution in [1.82, 2.24) is 4.90 Å². The number of hydrogen-bond acceptors (Lipinski definition) is 4. The molecule has 0 spiro atoms. The van der Waals surface area contributed by atoms with Crippen molar-refractivity contribution in [3.8, 4) is 11.1 Å². The van der Waals surface area contributed by atoms with Gasteiger partial charge in [-0.25, -0.2) is 14.0 Å². The number of fused-ring (bicyclic) bond motifs is 3. The van der Waals surface area contributed by atoms with E-state index in [0.717, 1.165) is 16.8 Å². The van der Waals surface area contributed by atoms with Crippen molar-refractivity contribution in [3.05, 3.63) is 53.8 Å². The minimum Gasteiger partial charge on any atom is -0.444 e. The van der Waals surface area contributed by atoms with Gasteiger partial charge < -0.3 is 14.4 Å². The zero-order chi connectivity index (χ0) is 25.5. The van der Waals surface area contributed by atoms with Crippen LogP contribution in [0.1, 0.15) is 65.9 Å². The normalized spacial score (nSPS) is 20.1. The van der Waals surface area contributed by atoms with Crippen molar-refractivity contribution >= 4 is 17.9 Å². The molecule has 2 aliphatic heterocycles. The molecule has 4 rings (SSSR count). The van der Waals surface area contributed by atoms with Gasteiger partial charge in [0.05, 0.1) is 5.69 Å². The van der Waals surface area contributed by atoms with E-state index in [2.05, 4.69) is 0 Å². The topological polar surface area (TPSA) is 59.1 Å². The molecule has 0 aromatic heterocycles. The molecule has 2 amide bonds. The number of benzene rings is 2. The van der Waals surface area contributed by atoms with Crippen LogP contribution in [-0.2, 0) is 9.47 Å². The van der Waals surface area contributed by atoms with Crippen LogP contribution in [0.3, 0.4) is 0 Å². The van der Waals surface area contributed by atoms with Crippen LogP contribution in [0.5, 0.6) is 0 Å². The van der Waals surface area contributed by atoms with Gasteiger partial charge in [-0.15, -0.1) is 0 Å². The van der Waals surface area contributed by atoms with Gasteiger partial charge in [0.15, 0.2) is 0 Å². The summed E-state index contributed by atoms with van der Waals surface area (Å²) in [7, 11) is 0. The van der Waals surface area contributed by atoms with E-state index in [4.69, 9.17) is 9.47 Å². The summed E-state index contributed by atoms with van der Waals surface area (Å²) in [6.07, 6.45) is 0.405. The lowest BCUT2D eigenvalue weighted by Crippen LogP contribution is -2.43. The fourth-order valence-corrected chi connectivity index (χ4v) is 5.03. The second-order valence-electron chi connectivity index (χ2n) is 11.3. The van der Waals surface area contributed by atoms with Crippen molar-refractivity contribution in [2.45, 2.75) is 77.5 Å². The molecule has 0 saturated carbocycles. The summed E-state index contributed by atoms with van der Waals surface area (Å²) in [6.45, 7) is 12.0. The van der Waals surface area contributed by atoms with Crippen LogP contribution in [-0.4, -0.2) is 47.4 Å². The first kappa shape index (κ1) is 25.0. The Morgan fingerprint density at radius 1 is 0.829 bits per heavy atom. The summed E-state index contributed by atoms with van der Waals surface area (Å²) in [5.74, 6) is -0.377. The van der Waals surface area contributed by atoms with Crippen LogP contribution in [0, 0.1) is 5.82 Å². The Morgan fingerprint density at radius 3 is 2.09 bits per heavy atom. The maximum atomic E-state index is 14.9. The van der Waals surface area contributed by atoms with Crippen LogP contribution in [0.15, 0.2) is 42.5 Å². The second kappa shape index (κ2) is 9.17. The molecule has 188 valence electrons. The maximum Gasteiger partial charge on any atom is 0.415 e.